The molecule has 0 bridgehead atoms. The summed E-state index contributed by atoms with van der Waals surface area (Å²) in [4.78, 5) is 23.6. The Morgan fingerprint density at radius 1 is 1.41 bits per heavy atom. The molecular weight excluding hydrogens is 320 g/mol. The van der Waals surface area contributed by atoms with Gasteiger partial charge in [-0.05, 0) is 36.8 Å². The van der Waals surface area contributed by atoms with Crippen LogP contribution in [0.15, 0.2) is 41.7 Å². The van der Waals surface area contributed by atoms with E-state index in [9.17, 15) is 4.79 Å². The van der Waals surface area contributed by atoms with E-state index in [-0.39, 0.29) is 11.7 Å². The van der Waals surface area contributed by atoms with E-state index >= 15 is 0 Å². The number of thioether (sulfide) groups is 1. The first-order valence-corrected chi connectivity index (χ1v) is 7.98. The van der Waals surface area contributed by atoms with E-state index in [2.05, 4.69) is 20.3 Å². The lowest BCUT2D eigenvalue weighted by atomic mass is 10.2. The third kappa shape index (κ3) is 3.40. The molecule has 3 aromatic rings. The first-order chi connectivity index (χ1) is 10.6. The second-order valence-electron chi connectivity index (χ2n) is 4.71. The Bertz CT molecular complexity index is 800. The Morgan fingerprint density at radius 3 is 3.09 bits per heavy atom. The quantitative estimate of drug-likeness (QED) is 0.715. The highest BCUT2D eigenvalue weighted by Gasteiger charge is 2.09. The SMILES string of the molecule is Cc1ccc(Cl)cc1NC(=O)CSc1nc2ncccc2[nH]1. The molecule has 2 N–H and O–H groups in total. The molecule has 0 saturated heterocycles. The highest BCUT2D eigenvalue weighted by molar-refractivity contribution is 7.99. The van der Waals surface area contributed by atoms with Crippen molar-refractivity contribution in [3.05, 3.63) is 47.1 Å². The summed E-state index contributed by atoms with van der Waals surface area (Å²) >= 11 is 7.27. The van der Waals surface area contributed by atoms with Crippen molar-refractivity contribution in [2.45, 2.75) is 12.1 Å². The number of aromatic nitrogens is 3. The van der Waals surface area contributed by atoms with Gasteiger partial charge in [-0.25, -0.2) is 9.97 Å². The largest absolute Gasteiger partial charge is 0.332 e. The van der Waals surface area contributed by atoms with Crippen molar-refractivity contribution in [2.24, 2.45) is 0 Å². The Hall–Kier alpha value is -2.05. The molecule has 0 aliphatic carbocycles. The summed E-state index contributed by atoms with van der Waals surface area (Å²) in [6.45, 7) is 1.92. The van der Waals surface area contributed by atoms with Crippen LogP contribution in [0.25, 0.3) is 11.2 Å². The van der Waals surface area contributed by atoms with E-state index in [0.717, 1.165) is 16.8 Å². The number of carbonyl (C=O) groups excluding carboxylic acids is 1. The second-order valence-corrected chi connectivity index (χ2v) is 6.11. The fraction of sp³-hybridized carbons (Fsp3) is 0.133. The molecule has 5 nitrogen and oxygen atoms in total. The number of anilines is 1. The van der Waals surface area contributed by atoms with Crippen LogP contribution in [0.5, 0.6) is 0 Å². The Balaban J connectivity index is 1.63. The highest BCUT2D eigenvalue weighted by Crippen LogP contribution is 2.21. The van der Waals surface area contributed by atoms with Crippen molar-refractivity contribution < 1.29 is 4.79 Å². The average molecular weight is 333 g/mol. The van der Waals surface area contributed by atoms with Crippen molar-refractivity contribution in [1.82, 2.24) is 15.0 Å². The van der Waals surface area contributed by atoms with Crippen LogP contribution in [0.1, 0.15) is 5.56 Å². The number of carbonyl (C=O) groups is 1. The molecule has 0 radical (unpaired) electrons. The van der Waals surface area contributed by atoms with Gasteiger partial charge in [-0.1, -0.05) is 29.4 Å². The van der Waals surface area contributed by atoms with Crippen LogP contribution >= 0.6 is 23.4 Å². The number of halogens is 1. The van der Waals surface area contributed by atoms with E-state index in [1.165, 1.54) is 11.8 Å². The van der Waals surface area contributed by atoms with Gasteiger partial charge in [0.2, 0.25) is 5.91 Å². The van der Waals surface area contributed by atoms with Crippen LogP contribution in [-0.2, 0) is 4.79 Å². The van der Waals surface area contributed by atoms with Gasteiger partial charge in [0, 0.05) is 16.9 Å². The first-order valence-electron chi connectivity index (χ1n) is 6.61. The Labute approximate surface area is 136 Å². The fourth-order valence-electron chi connectivity index (χ4n) is 1.94. The molecule has 3 rings (SSSR count). The molecule has 1 amide bonds. The van der Waals surface area contributed by atoms with Crippen molar-refractivity contribution >= 4 is 46.1 Å². The number of imidazole rings is 1. The topological polar surface area (TPSA) is 70.7 Å². The zero-order valence-electron chi connectivity index (χ0n) is 11.8. The lowest BCUT2D eigenvalue weighted by molar-refractivity contribution is -0.113. The number of aromatic amines is 1. The number of amides is 1. The van der Waals surface area contributed by atoms with Gasteiger partial charge in [0.1, 0.15) is 0 Å². The summed E-state index contributed by atoms with van der Waals surface area (Å²) < 4.78 is 0. The van der Waals surface area contributed by atoms with E-state index in [4.69, 9.17) is 11.6 Å². The first kappa shape index (κ1) is 14.9. The van der Waals surface area contributed by atoms with Crippen LogP contribution < -0.4 is 5.32 Å². The summed E-state index contributed by atoms with van der Waals surface area (Å²) in [5.41, 5.74) is 3.20. The third-order valence-electron chi connectivity index (χ3n) is 3.05. The van der Waals surface area contributed by atoms with Gasteiger partial charge in [0.25, 0.3) is 0 Å². The second kappa shape index (κ2) is 6.37. The number of aryl methyl sites for hydroxylation is 1. The summed E-state index contributed by atoms with van der Waals surface area (Å²) in [5.74, 6) is 0.148. The predicted octanol–water partition coefficient (Wildman–Crippen LogP) is 3.65. The smallest absolute Gasteiger partial charge is 0.234 e. The number of H-pyrrole nitrogens is 1. The molecule has 112 valence electrons. The van der Waals surface area contributed by atoms with Gasteiger partial charge in [0.05, 0.1) is 11.3 Å². The zero-order valence-corrected chi connectivity index (χ0v) is 13.3. The average Bonchev–Trinajstić information content (AvgIpc) is 2.92. The van der Waals surface area contributed by atoms with E-state index in [1.54, 1.807) is 18.3 Å². The van der Waals surface area contributed by atoms with Gasteiger partial charge >= 0.3 is 0 Å². The molecule has 0 fully saturated rings. The minimum Gasteiger partial charge on any atom is -0.332 e. The number of benzene rings is 1. The number of rotatable bonds is 4. The van der Waals surface area contributed by atoms with Crippen LogP contribution in [0.2, 0.25) is 5.02 Å². The van der Waals surface area contributed by atoms with Crippen molar-refractivity contribution in [3.8, 4) is 0 Å². The fourth-order valence-corrected chi connectivity index (χ4v) is 2.79. The van der Waals surface area contributed by atoms with Crippen molar-refractivity contribution in [3.63, 3.8) is 0 Å². The van der Waals surface area contributed by atoms with Gasteiger partial charge in [0.15, 0.2) is 10.8 Å². The van der Waals surface area contributed by atoms with Crippen molar-refractivity contribution in [1.29, 1.82) is 0 Å². The summed E-state index contributed by atoms with van der Waals surface area (Å²) in [7, 11) is 0. The molecule has 0 aliphatic heterocycles. The monoisotopic (exact) mass is 332 g/mol. The third-order valence-corrected chi connectivity index (χ3v) is 4.16. The Kier molecular flexibility index (Phi) is 4.31. The summed E-state index contributed by atoms with van der Waals surface area (Å²) in [5, 5.41) is 4.12. The van der Waals surface area contributed by atoms with E-state index in [1.807, 2.05) is 25.1 Å². The van der Waals surface area contributed by atoms with Crippen LogP contribution in [0.4, 0.5) is 5.69 Å². The predicted molar refractivity (Wildman–Crippen MR) is 89.4 cm³/mol. The molecule has 0 saturated carbocycles. The minimum atomic E-state index is -0.108. The van der Waals surface area contributed by atoms with Gasteiger partial charge < -0.3 is 10.3 Å². The van der Waals surface area contributed by atoms with Gasteiger partial charge in [-0.15, -0.1) is 0 Å². The molecule has 0 unspecified atom stereocenters. The van der Waals surface area contributed by atoms with E-state index < -0.39 is 0 Å². The maximum Gasteiger partial charge on any atom is 0.234 e. The highest BCUT2D eigenvalue weighted by atomic mass is 35.5. The standard InChI is InChI=1S/C15H13ClN4OS/c1-9-4-5-10(16)7-12(9)18-13(21)8-22-15-19-11-3-2-6-17-14(11)20-15/h2-7H,8H2,1H3,(H,18,21)(H,17,19,20). The molecule has 0 aliphatic rings. The van der Waals surface area contributed by atoms with E-state index in [0.29, 0.717) is 15.8 Å². The minimum absolute atomic E-state index is 0.108. The van der Waals surface area contributed by atoms with Crippen molar-refractivity contribution in [2.75, 3.05) is 11.1 Å². The van der Waals surface area contributed by atoms with Gasteiger partial charge in [-0.3, -0.25) is 4.79 Å². The zero-order chi connectivity index (χ0) is 15.5. The molecule has 2 heterocycles. The summed E-state index contributed by atoms with van der Waals surface area (Å²) in [6.07, 6.45) is 1.69. The normalized spacial score (nSPS) is 10.8. The number of nitrogens with zero attached hydrogens (tertiary/aromatic N) is 2. The summed E-state index contributed by atoms with van der Waals surface area (Å²) in [6, 6.07) is 9.14. The number of nitrogens with one attached hydrogen (secondary N) is 2. The molecule has 7 heteroatoms. The number of fused-ring (bicyclic) bond motifs is 1. The molecule has 2 aromatic heterocycles. The maximum atomic E-state index is 12.0. The molecule has 0 atom stereocenters. The number of hydrogen-bond acceptors (Lipinski definition) is 4. The molecule has 0 spiro atoms. The molecule has 22 heavy (non-hydrogen) atoms. The number of hydrogen-bond donors (Lipinski definition) is 2. The van der Waals surface area contributed by atoms with Crippen LogP contribution in [0, 0.1) is 6.92 Å². The lowest BCUT2D eigenvalue weighted by Crippen LogP contribution is -2.14. The number of pyridine rings is 1. The molecule has 1 aromatic carbocycles. The van der Waals surface area contributed by atoms with Crippen LogP contribution in [-0.4, -0.2) is 26.6 Å². The lowest BCUT2D eigenvalue weighted by Gasteiger charge is -2.08. The van der Waals surface area contributed by atoms with Gasteiger partial charge in [-0.2, -0.15) is 0 Å². The Morgan fingerprint density at radius 2 is 2.27 bits per heavy atom. The molecular formula is C15H13ClN4OS. The maximum absolute atomic E-state index is 12.0. The van der Waals surface area contributed by atoms with Crippen LogP contribution in [0.3, 0.4) is 0 Å².